The fourth-order valence-corrected chi connectivity index (χ4v) is 2.43. The summed E-state index contributed by atoms with van der Waals surface area (Å²) in [5.41, 5.74) is -3.56. The number of alkyl halides is 6. The van der Waals surface area contributed by atoms with Crippen LogP contribution in [0.1, 0.15) is 23.6 Å². The number of ketones is 1. The van der Waals surface area contributed by atoms with E-state index in [0.717, 1.165) is 6.08 Å². The standard InChI is InChI=1S/C15H11F6IO4/c1-2-24-13-12(25-13)10(23)6-11(26-22)7-3-8(14(16,17)18)5-9(4-7)15(19,20)21/h3-6,12-13H,2H2,1H3/b11-6-. The average Bonchev–Trinajstić information content (AvgIpc) is 3.30. The summed E-state index contributed by atoms with van der Waals surface area (Å²) in [7, 11) is 0. The number of carbonyl (C=O) groups is 1. The van der Waals surface area contributed by atoms with E-state index in [-0.39, 0.29) is 12.7 Å². The molecule has 4 nitrogen and oxygen atoms in total. The molecule has 0 spiro atoms. The number of epoxide rings is 1. The zero-order chi connectivity index (χ0) is 19.7. The van der Waals surface area contributed by atoms with Crippen molar-refractivity contribution in [3.05, 3.63) is 41.0 Å². The molecule has 1 aromatic rings. The molecule has 1 heterocycles. The van der Waals surface area contributed by atoms with Gasteiger partial charge in [0.1, 0.15) is 5.76 Å². The Balaban J connectivity index is 2.40. The van der Waals surface area contributed by atoms with Crippen molar-refractivity contribution in [1.82, 2.24) is 0 Å². The van der Waals surface area contributed by atoms with Gasteiger partial charge in [0.2, 0.25) is 0 Å². The minimum absolute atomic E-state index is 0.00868. The van der Waals surface area contributed by atoms with Crippen molar-refractivity contribution < 1.29 is 43.7 Å². The van der Waals surface area contributed by atoms with Crippen LogP contribution in [0, 0.1) is 0 Å². The average molecular weight is 496 g/mol. The maximum atomic E-state index is 12.9. The predicted molar refractivity (Wildman–Crippen MR) is 84.8 cm³/mol. The fourth-order valence-electron chi connectivity index (χ4n) is 2.05. The number of carbonyl (C=O) groups excluding carboxylic acids is 1. The third-order valence-corrected chi connectivity index (χ3v) is 3.77. The predicted octanol–water partition coefficient (Wildman–Crippen LogP) is 4.76. The summed E-state index contributed by atoms with van der Waals surface area (Å²) in [6.07, 6.45) is -11.0. The molecule has 11 heteroatoms. The molecule has 1 aliphatic rings. The lowest BCUT2D eigenvalue weighted by molar-refractivity contribution is -0.143. The minimum atomic E-state index is -5.00. The molecule has 0 amide bonds. The highest BCUT2D eigenvalue weighted by molar-refractivity contribution is 14.1. The highest BCUT2D eigenvalue weighted by atomic mass is 127. The van der Waals surface area contributed by atoms with E-state index in [1.54, 1.807) is 6.92 Å². The van der Waals surface area contributed by atoms with Gasteiger partial charge in [0, 0.05) is 18.2 Å². The number of benzene rings is 1. The van der Waals surface area contributed by atoms with E-state index in [0.29, 0.717) is 12.1 Å². The molecule has 0 N–H and O–H groups in total. The first kappa shape index (κ1) is 21.0. The van der Waals surface area contributed by atoms with Crippen molar-refractivity contribution in [3.63, 3.8) is 0 Å². The minimum Gasteiger partial charge on any atom is -0.427 e. The van der Waals surface area contributed by atoms with Crippen LogP contribution in [-0.2, 0) is 29.7 Å². The van der Waals surface area contributed by atoms with E-state index in [2.05, 4.69) is 0 Å². The molecule has 2 unspecified atom stereocenters. The van der Waals surface area contributed by atoms with Gasteiger partial charge in [-0.3, -0.25) is 4.79 Å². The Labute approximate surface area is 157 Å². The molecule has 0 aromatic heterocycles. The lowest BCUT2D eigenvalue weighted by Gasteiger charge is -2.14. The van der Waals surface area contributed by atoms with Gasteiger partial charge in [-0.05, 0) is 25.1 Å². The van der Waals surface area contributed by atoms with E-state index >= 15 is 0 Å². The number of rotatable bonds is 6. The van der Waals surface area contributed by atoms with Crippen LogP contribution >= 0.6 is 23.0 Å². The maximum Gasteiger partial charge on any atom is 0.416 e. The Hall–Kier alpha value is -1.34. The Bertz CT molecular complexity index is 681. The van der Waals surface area contributed by atoms with Crippen molar-refractivity contribution in [3.8, 4) is 0 Å². The van der Waals surface area contributed by atoms with Gasteiger partial charge in [-0.2, -0.15) is 26.3 Å². The summed E-state index contributed by atoms with van der Waals surface area (Å²) >= 11 is 1.26. The number of ether oxygens (including phenoxy) is 2. The number of hydrogen-bond acceptors (Lipinski definition) is 4. The maximum absolute atomic E-state index is 12.9. The zero-order valence-corrected chi connectivity index (χ0v) is 15.1. The Kier molecular flexibility index (Phi) is 6.23. The Morgan fingerprint density at radius 3 is 2.12 bits per heavy atom. The van der Waals surface area contributed by atoms with E-state index in [1.807, 2.05) is 0 Å². The second-order valence-electron chi connectivity index (χ2n) is 5.16. The van der Waals surface area contributed by atoms with Gasteiger partial charge < -0.3 is 12.5 Å². The third kappa shape index (κ3) is 5.10. The SMILES string of the molecule is CCOC1OC1C(=O)/C=C(\OI)c1cc(C(F)(F)F)cc(C(F)(F)F)c1. The number of hydrogen-bond donors (Lipinski definition) is 0. The Morgan fingerprint density at radius 1 is 1.15 bits per heavy atom. The van der Waals surface area contributed by atoms with Crippen molar-refractivity contribution >= 4 is 34.5 Å². The summed E-state index contributed by atoms with van der Waals surface area (Å²) in [6, 6.07) is 0.937. The van der Waals surface area contributed by atoms with Gasteiger partial charge in [-0.25, -0.2) is 0 Å². The highest BCUT2D eigenvalue weighted by Gasteiger charge is 2.45. The quantitative estimate of drug-likeness (QED) is 0.188. The zero-order valence-electron chi connectivity index (χ0n) is 12.9. The molecule has 26 heavy (non-hydrogen) atoms. The molecular formula is C15H11F6IO4. The summed E-state index contributed by atoms with van der Waals surface area (Å²) in [4.78, 5) is 12.0. The molecule has 0 saturated carbocycles. The molecule has 0 bridgehead atoms. The summed E-state index contributed by atoms with van der Waals surface area (Å²) in [5.74, 6) is -1.15. The third-order valence-electron chi connectivity index (χ3n) is 3.29. The van der Waals surface area contributed by atoms with Crippen LogP contribution in [-0.4, -0.2) is 24.8 Å². The number of halogens is 7. The molecule has 1 aromatic carbocycles. The van der Waals surface area contributed by atoms with Gasteiger partial charge in [0.05, 0.1) is 11.1 Å². The van der Waals surface area contributed by atoms with Crippen LogP contribution in [0.3, 0.4) is 0 Å². The van der Waals surface area contributed by atoms with Crippen LogP contribution in [0.2, 0.25) is 0 Å². The van der Waals surface area contributed by atoms with E-state index in [1.165, 1.54) is 23.0 Å². The van der Waals surface area contributed by atoms with E-state index in [9.17, 15) is 31.1 Å². The van der Waals surface area contributed by atoms with Gasteiger partial charge in [-0.1, -0.05) is 0 Å². The van der Waals surface area contributed by atoms with E-state index < -0.39 is 53.0 Å². The molecule has 0 aliphatic carbocycles. The molecule has 2 rings (SSSR count). The van der Waals surface area contributed by atoms with E-state index in [4.69, 9.17) is 12.5 Å². The molecule has 1 saturated heterocycles. The first-order valence-corrected chi connectivity index (χ1v) is 7.96. The lowest BCUT2D eigenvalue weighted by atomic mass is 10.0. The van der Waals surface area contributed by atoms with Crippen molar-refractivity contribution in [2.45, 2.75) is 31.7 Å². The summed E-state index contributed by atoms with van der Waals surface area (Å²) < 4.78 is 92.2. The molecular weight excluding hydrogens is 485 g/mol. The van der Waals surface area contributed by atoms with Crippen molar-refractivity contribution in [2.24, 2.45) is 0 Å². The second-order valence-corrected chi connectivity index (χ2v) is 5.60. The van der Waals surface area contributed by atoms with Crippen LogP contribution in [0.15, 0.2) is 24.3 Å². The molecule has 1 fully saturated rings. The normalized spacial score (nSPS) is 20.8. The monoisotopic (exact) mass is 496 g/mol. The van der Waals surface area contributed by atoms with Crippen LogP contribution in [0.5, 0.6) is 0 Å². The Morgan fingerprint density at radius 2 is 1.69 bits per heavy atom. The van der Waals surface area contributed by atoms with Gasteiger partial charge in [-0.15, -0.1) is 0 Å². The van der Waals surface area contributed by atoms with Crippen LogP contribution < -0.4 is 0 Å². The lowest BCUT2D eigenvalue weighted by Crippen LogP contribution is -2.12. The van der Waals surface area contributed by atoms with Crippen molar-refractivity contribution in [2.75, 3.05) is 6.61 Å². The molecule has 2 atom stereocenters. The molecule has 0 radical (unpaired) electrons. The van der Waals surface area contributed by atoms with Gasteiger partial charge in [0.15, 0.2) is 41.2 Å². The molecule has 144 valence electrons. The first-order chi connectivity index (χ1) is 12.0. The highest BCUT2D eigenvalue weighted by Crippen LogP contribution is 2.38. The fraction of sp³-hybridized carbons (Fsp3) is 0.400. The van der Waals surface area contributed by atoms with Gasteiger partial charge >= 0.3 is 12.4 Å². The summed E-state index contributed by atoms with van der Waals surface area (Å²) in [5, 5.41) is 0. The van der Waals surface area contributed by atoms with Gasteiger partial charge in [0.25, 0.3) is 0 Å². The van der Waals surface area contributed by atoms with Crippen LogP contribution in [0.4, 0.5) is 26.3 Å². The largest absolute Gasteiger partial charge is 0.427 e. The summed E-state index contributed by atoms with van der Waals surface area (Å²) in [6.45, 7) is 1.94. The second kappa shape index (κ2) is 7.72. The topological polar surface area (TPSA) is 48.1 Å². The smallest absolute Gasteiger partial charge is 0.416 e. The molecule has 1 aliphatic heterocycles. The van der Waals surface area contributed by atoms with Crippen LogP contribution in [0.25, 0.3) is 5.76 Å². The van der Waals surface area contributed by atoms with Crippen molar-refractivity contribution in [1.29, 1.82) is 0 Å². The first-order valence-electron chi connectivity index (χ1n) is 7.08.